The molecule has 13 heteroatoms. The Balaban J connectivity index is 1.35. The summed E-state index contributed by atoms with van der Waals surface area (Å²) in [5.74, 6) is -1.72. The van der Waals surface area contributed by atoms with Crippen LogP contribution in [0.1, 0.15) is 41.6 Å². The van der Waals surface area contributed by atoms with Gasteiger partial charge in [0.15, 0.2) is 5.78 Å². The average Bonchev–Trinajstić information content (AvgIpc) is 3.44. The number of Topliss-reactive ketones (excluding diaryl/α,β-unsaturated/α-hetero) is 1. The van der Waals surface area contributed by atoms with E-state index < -0.39 is 49.1 Å². The third-order valence-corrected chi connectivity index (χ3v) is 10.6. The van der Waals surface area contributed by atoms with Gasteiger partial charge < -0.3 is 14.2 Å². The molecule has 9 nitrogen and oxygen atoms in total. The highest BCUT2D eigenvalue weighted by Crippen LogP contribution is 2.41. The molecule has 1 aromatic heterocycles. The molecule has 3 aromatic rings. The number of aromatic nitrogens is 3. The molecule has 3 atom stereocenters. The number of carbonyl (C=O) groups excluding carboxylic acids is 2. The number of nitrogens with zero attached hydrogens (tertiary/aromatic N) is 3. The Hall–Kier alpha value is -3.58. The molecule has 46 heavy (non-hydrogen) atoms. The normalized spacial score (nSPS) is 21.0. The van der Waals surface area contributed by atoms with Crippen molar-refractivity contribution in [2.75, 3.05) is 26.4 Å². The van der Waals surface area contributed by atoms with E-state index >= 15 is 0 Å². The summed E-state index contributed by atoms with van der Waals surface area (Å²) in [5.41, 5.74) is -1.23. The van der Waals surface area contributed by atoms with Gasteiger partial charge >= 0.3 is 12.1 Å². The highest BCUT2D eigenvalue weighted by molar-refractivity contribution is 6.76. The van der Waals surface area contributed by atoms with Crippen molar-refractivity contribution in [2.45, 2.75) is 64.1 Å². The number of hydrogen-bond acceptors (Lipinski definition) is 8. The molecule has 0 N–H and O–H groups in total. The van der Waals surface area contributed by atoms with E-state index in [0.29, 0.717) is 36.7 Å². The average molecular weight is 660 g/mol. The summed E-state index contributed by atoms with van der Waals surface area (Å²) in [6.07, 6.45) is -1.94. The topological polar surface area (TPSA) is 110 Å². The highest BCUT2D eigenvalue weighted by atomic mass is 28.3. The molecule has 0 radical (unpaired) electrons. The number of esters is 1. The Labute approximate surface area is 266 Å². The largest absolute Gasteiger partial charge is 0.493 e. The number of halogens is 3. The van der Waals surface area contributed by atoms with Gasteiger partial charge in [0.1, 0.15) is 11.3 Å². The molecule has 1 saturated carbocycles. The molecule has 2 aromatic carbocycles. The lowest BCUT2D eigenvalue weighted by molar-refractivity contribution is -0.150. The summed E-state index contributed by atoms with van der Waals surface area (Å²) < 4.78 is 58.1. The number of hydrogen-bond donors (Lipinski definition) is 0. The first-order valence-electron chi connectivity index (χ1n) is 15.8. The molecule has 0 unspecified atom stereocenters. The third kappa shape index (κ3) is 8.22. The van der Waals surface area contributed by atoms with Crippen molar-refractivity contribution in [3.8, 4) is 5.75 Å². The van der Waals surface area contributed by atoms with Crippen molar-refractivity contribution < 1.29 is 37.0 Å². The van der Waals surface area contributed by atoms with Gasteiger partial charge in [-0.3, -0.25) is 14.4 Å². The van der Waals surface area contributed by atoms with Crippen molar-refractivity contribution in [1.29, 1.82) is 0 Å². The van der Waals surface area contributed by atoms with Crippen LogP contribution in [0, 0.1) is 23.7 Å². The fourth-order valence-corrected chi connectivity index (χ4v) is 6.86. The first-order chi connectivity index (χ1) is 21.8. The van der Waals surface area contributed by atoms with Crippen LogP contribution in [0.2, 0.25) is 25.7 Å². The Bertz CT molecular complexity index is 1600. The van der Waals surface area contributed by atoms with Crippen LogP contribution in [0.25, 0.3) is 10.9 Å². The molecule has 5 rings (SSSR count). The van der Waals surface area contributed by atoms with Crippen molar-refractivity contribution in [3.63, 3.8) is 0 Å². The number of ether oxygens (including phenoxy) is 3. The van der Waals surface area contributed by atoms with Gasteiger partial charge in [-0.2, -0.15) is 13.2 Å². The minimum absolute atomic E-state index is 0.0382. The third-order valence-electron chi connectivity index (χ3n) is 8.92. The van der Waals surface area contributed by atoms with Gasteiger partial charge in [-0.25, -0.2) is 4.68 Å². The van der Waals surface area contributed by atoms with Crippen LogP contribution in [-0.2, 0) is 27.0 Å². The van der Waals surface area contributed by atoms with Gasteiger partial charge in [-0.1, -0.05) is 24.9 Å². The zero-order chi connectivity index (χ0) is 33.1. The van der Waals surface area contributed by atoms with Crippen LogP contribution >= 0.6 is 0 Å². The summed E-state index contributed by atoms with van der Waals surface area (Å²) >= 11 is 0. The fourth-order valence-electron chi connectivity index (χ4n) is 6.14. The van der Waals surface area contributed by atoms with Crippen LogP contribution in [0.3, 0.4) is 0 Å². The van der Waals surface area contributed by atoms with Gasteiger partial charge in [0.05, 0.1) is 36.6 Å². The lowest BCUT2D eigenvalue weighted by Gasteiger charge is -2.24. The van der Waals surface area contributed by atoms with E-state index in [1.807, 2.05) is 0 Å². The SMILES string of the molecule is C[Si](C)(C)CCOC(=O)[C@H]1[C@H](Cn2nnc3ccc(C(F)(F)F)cc3c2=O)CC[C@@H]1C(=O)c1ccc(OCC2CCOCC2)cc1. The van der Waals surface area contributed by atoms with Gasteiger partial charge in [0.2, 0.25) is 0 Å². The summed E-state index contributed by atoms with van der Waals surface area (Å²) in [6.45, 7) is 8.66. The van der Waals surface area contributed by atoms with Crippen molar-refractivity contribution in [3.05, 3.63) is 63.9 Å². The Morgan fingerprint density at radius 2 is 1.74 bits per heavy atom. The summed E-state index contributed by atoms with van der Waals surface area (Å²) in [6, 6.07) is 10.4. The summed E-state index contributed by atoms with van der Waals surface area (Å²) in [7, 11) is -1.51. The Morgan fingerprint density at radius 1 is 1.02 bits per heavy atom. The maximum atomic E-state index is 13.8. The number of fused-ring (bicyclic) bond motifs is 1. The molecular weight excluding hydrogens is 619 g/mol. The minimum atomic E-state index is -4.63. The first-order valence-corrected chi connectivity index (χ1v) is 19.5. The lowest BCUT2D eigenvalue weighted by Crippen LogP contribution is -2.36. The van der Waals surface area contributed by atoms with E-state index in [1.165, 1.54) is 0 Å². The van der Waals surface area contributed by atoms with Crippen molar-refractivity contribution in [2.24, 2.45) is 23.7 Å². The van der Waals surface area contributed by atoms with Gasteiger partial charge in [-0.15, -0.1) is 5.10 Å². The van der Waals surface area contributed by atoms with E-state index in [1.54, 1.807) is 24.3 Å². The zero-order valence-electron chi connectivity index (χ0n) is 26.3. The second-order valence-corrected chi connectivity index (χ2v) is 19.1. The summed E-state index contributed by atoms with van der Waals surface area (Å²) in [5, 5.41) is 7.70. The predicted molar refractivity (Wildman–Crippen MR) is 167 cm³/mol. The van der Waals surface area contributed by atoms with Crippen molar-refractivity contribution in [1.82, 2.24) is 15.0 Å². The standard InChI is InChI=1S/C33H40F3N3O6Si/c1-46(2,3)17-16-44-32(42)29-23(19-39-31(41)27-18-24(33(34,35)36)7-11-28(27)37-38-39)6-10-26(29)30(40)22-4-8-25(9-5-22)45-20-21-12-14-43-15-13-21/h4-5,7-9,11,18,21,23,26,29H,6,10,12-17,19-20H2,1-3H3/t23-,26-,29-/m0/s1. The molecule has 2 aliphatic rings. The van der Waals surface area contributed by atoms with E-state index in [9.17, 15) is 27.6 Å². The van der Waals surface area contributed by atoms with E-state index in [-0.39, 0.29) is 29.8 Å². The van der Waals surface area contributed by atoms with E-state index in [0.717, 1.165) is 55.0 Å². The molecule has 1 saturated heterocycles. The molecule has 2 fully saturated rings. The second kappa shape index (κ2) is 14.0. The molecule has 0 spiro atoms. The molecule has 0 bridgehead atoms. The minimum Gasteiger partial charge on any atom is -0.493 e. The number of rotatable bonds is 11. The van der Waals surface area contributed by atoms with Crippen LogP contribution < -0.4 is 10.3 Å². The molecular formula is C33H40F3N3O6Si. The number of carbonyl (C=O) groups is 2. The Kier molecular flexibility index (Phi) is 10.3. The van der Waals surface area contributed by atoms with E-state index in [4.69, 9.17) is 14.2 Å². The molecule has 248 valence electrons. The number of benzene rings is 2. The van der Waals surface area contributed by atoms with E-state index in [2.05, 4.69) is 30.0 Å². The van der Waals surface area contributed by atoms with Gasteiger partial charge in [-0.05, 0) is 86.0 Å². The van der Waals surface area contributed by atoms with Crippen LogP contribution in [0.4, 0.5) is 13.2 Å². The molecule has 2 heterocycles. The Morgan fingerprint density at radius 3 is 2.41 bits per heavy atom. The highest BCUT2D eigenvalue weighted by Gasteiger charge is 2.46. The van der Waals surface area contributed by atoms with Crippen LogP contribution in [-0.4, -0.2) is 61.2 Å². The van der Waals surface area contributed by atoms with Gasteiger partial charge in [0, 0.05) is 32.8 Å². The van der Waals surface area contributed by atoms with Crippen molar-refractivity contribution >= 4 is 30.7 Å². The molecule has 0 amide bonds. The monoisotopic (exact) mass is 659 g/mol. The second-order valence-electron chi connectivity index (χ2n) is 13.5. The predicted octanol–water partition coefficient (Wildman–Crippen LogP) is 6.02. The number of ketones is 1. The maximum absolute atomic E-state index is 13.8. The van der Waals surface area contributed by atoms with Gasteiger partial charge in [0.25, 0.3) is 5.56 Å². The quantitative estimate of drug-likeness (QED) is 0.140. The molecule has 1 aliphatic carbocycles. The lowest BCUT2D eigenvalue weighted by atomic mass is 9.84. The summed E-state index contributed by atoms with van der Waals surface area (Å²) in [4.78, 5) is 40.7. The maximum Gasteiger partial charge on any atom is 0.416 e. The van der Waals surface area contributed by atoms with Crippen LogP contribution in [0.5, 0.6) is 5.75 Å². The first kappa shape index (κ1) is 33.8. The fraction of sp³-hybridized carbons (Fsp3) is 0.545. The molecule has 1 aliphatic heterocycles. The zero-order valence-corrected chi connectivity index (χ0v) is 27.3. The van der Waals surface area contributed by atoms with Crippen LogP contribution in [0.15, 0.2) is 47.3 Å². The number of alkyl halides is 3. The smallest absolute Gasteiger partial charge is 0.416 e.